The third-order valence-corrected chi connectivity index (χ3v) is 9.74. The molecule has 4 aliphatic rings. The van der Waals surface area contributed by atoms with Gasteiger partial charge in [-0.1, -0.05) is 52.5 Å². The molecule has 1 nitrogen and oxygen atoms in total. The lowest BCUT2D eigenvalue weighted by atomic mass is 9.46. The van der Waals surface area contributed by atoms with Crippen molar-refractivity contribution in [3.8, 4) is 0 Å². The van der Waals surface area contributed by atoms with Gasteiger partial charge in [0.15, 0.2) is 5.78 Å². The summed E-state index contributed by atoms with van der Waals surface area (Å²) >= 11 is 0. The molecule has 1 heteroatoms. The second kappa shape index (κ2) is 7.34. The lowest BCUT2D eigenvalue weighted by Crippen LogP contribution is -2.50. The van der Waals surface area contributed by atoms with E-state index in [1.54, 1.807) is 0 Å². The highest BCUT2D eigenvalue weighted by molar-refractivity contribution is 5.91. The van der Waals surface area contributed by atoms with Gasteiger partial charge in [0.2, 0.25) is 0 Å². The average molecular weight is 371 g/mol. The summed E-state index contributed by atoms with van der Waals surface area (Å²) in [7, 11) is 0. The molecule has 4 rings (SSSR count). The van der Waals surface area contributed by atoms with Crippen molar-refractivity contribution in [2.45, 2.75) is 105 Å². The molecule has 0 heterocycles. The maximum atomic E-state index is 12.0. The van der Waals surface area contributed by atoms with Crippen molar-refractivity contribution in [3.63, 3.8) is 0 Å². The molecule has 3 saturated carbocycles. The zero-order valence-electron chi connectivity index (χ0n) is 18.4. The van der Waals surface area contributed by atoms with E-state index in [1.165, 1.54) is 69.8 Å². The molecular formula is C26H42O. The van der Waals surface area contributed by atoms with Gasteiger partial charge in [-0.25, -0.2) is 0 Å². The van der Waals surface area contributed by atoms with Crippen molar-refractivity contribution >= 4 is 5.78 Å². The fourth-order valence-electron chi connectivity index (χ4n) is 8.09. The van der Waals surface area contributed by atoms with E-state index >= 15 is 0 Å². The molecule has 0 amide bonds. The van der Waals surface area contributed by atoms with Crippen LogP contribution in [0.15, 0.2) is 11.6 Å². The minimum Gasteiger partial charge on any atom is -0.295 e. The summed E-state index contributed by atoms with van der Waals surface area (Å²) in [5, 5.41) is 0. The molecule has 0 aliphatic heterocycles. The molecule has 0 spiro atoms. The van der Waals surface area contributed by atoms with Gasteiger partial charge < -0.3 is 0 Å². The van der Waals surface area contributed by atoms with Gasteiger partial charge in [0, 0.05) is 6.42 Å². The summed E-state index contributed by atoms with van der Waals surface area (Å²) < 4.78 is 0. The van der Waals surface area contributed by atoms with Crippen LogP contribution in [0.1, 0.15) is 105 Å². The van der Waals surface area contributed by atoms with Gasteiger partial charge in [0.05, 0.1) is 0 Å². The van der Waals surface area contributed by atoms with Crippen LogP contribution in [0.3, 0.4) is 0 Å². The predicted molar refractivity (Wildman–Crippen MR) is 114 cm³/mol. The van der Waals surface area contributed by atoms with E-state index in [2.05, 4.69) is 33.8 Å². The summed E-state index contributed by atoms with van der Waals surface area (Å²) in [6.45, 7) is 9.91. The number of hydrogen-bond acceptors (Lipinski definition) is 1. The Morgan fingerprint density at radius 3 is 2.59 bits per heavy atom. The summed E-state index contributed by atoms with van der Waals surface area (Å²) in [4.78, 5) is 12.0. The van der Waals surface area contributed by atoms with Gasteiger partial charge in [-0.15, -0.1) is 0 Å². The highest BCUT2D eigenvalue weighted by atomic mass is 16.1. The van der Waals surface area contributed by atoms with Crippen LogP contribution >= 0.6 is 0 Å². The first kappa shape index (κ1) is 19.7. The number of carbonyl (C=O) groups excluding carboxylic acids is 1. The summed E-state index contributed by atoms with van der Waals surface area (Å²) in [5.41, 5.74) is 2.47. The van der Waals surface area contributed by atoms with E-state index in [9.17, 15) is 4.79 Å². The number of fused-ring (bicyclic) bond motifs is 5. The number of ketones is 1. The van der Waals surface area contributed by atoms with Crippen molar-refractivity contribution in [2.24, 2.45) is 40.4 Å². The number of rotatable bonds is 5. The Bertz CT molecular complexity index is 601. The van der Waals surface area contributed by atoms with Gasteiger partial charge in [0.1, 0.15) is 0 Å². The largest absolute Gasteiger partial charge is 0.295 e. The first-order valence-electron chi connectivity index (χ1n) is 12.1. The normalized spacial score (nSPS) is 43.9. The fourth-order valence-corrected chi connectivity index (χ4v) is 8.09. The van der Waals surface area contributed by atoms with Gasteiger partial charge in [0.25, 0.3) is 0 Å². The molecule has 27 heavy (non-hydrogen) atoms. The number of carbonyl (C=O) groups is 1. The van der Waals surface area contributed by atoms with Crippen LogP contribution in [0, 0.1) is 40.4 Å². The highest BCUT2D eigenvalue weighted by Gasteiger charge is 2.58. The van der Waals surface area contributed by atoms with Crippen molar-refractivity contribution in [2.75, 3.05) is 0 Å². The topological polar surface area (TPSA) is 17.1 Å². The SMILES string of the molecule is CC(C)CCCC[C@@H]1CC[C@@H]2[C@H]3CCC4=CC(=O)CC[C@]4(C)[C@@H]3CC[C@]12C. The lowest BCUT2D eigenvalue weighted by molar-refractivity contribution is -0.117. The molecule has 6 atom stereocenters. The smallest absolute Gasteiger partial charge is 0.155 e. The van der Waals surface area contributed by atoms with Crippen LogP contribution in [0.4, 0.5) is 0 Å². The van der Waals surface area contributed by atoms with Crippen LogP contribution in [0.2, 0.25) is 0 Å². The minimum atomic E-state index is 0.341. The maximum absolute atomic E-state index is 12.0. The van der Waals surface area contributed by atoms with Crippen LogP contribution < -0.4 is 0 Å². The van der Waals surface area contributed by atoms with E-state index in [4.69, 9.17) is 0 Å². The van der Waals surface area contributed by atoms with Gasteiger partial charge in [-0.3, -0.25) is 4.79 Å². The molecule has 0 radical (unpaired) electrons. The zero-order valence-corrected chi connectivity index (χ0v) is 18.4. The number of unbranched alkanes of at least 4 members (excludes halogenated alkanes) is 1. The highest BCUT2D eigenvalue weighted by Crippen LogP contribution is 2.67. The predicted octanol–water partition coefficient (Wildman–Crippen LogP) is 7.35. The fraction of sp³-hybridized carbons (Fsp3) is 0.885. The Balaban J connectivity index is 1.46. The molecule has 0 saturated heterocycles. The van der Waals surface area contributed by atoms with E-state index < -0.39 is 0 Å². The molecule has 4 aliphatic carbocycles. The number of hydrogen-bond donors (Lipinski definition) is 0. The molecule has 0 aromatic rings. The van der Waals surface area contributed by atoms with Gasteiger partial charge >= 0.3 is 0 Å². The van der Waals surface area contributed by atoms with E-state index in [0.717, 1.165) is 42.4 Å². The first-order chi connectivity index (χ1) is 12.8. The van der Waals surface area contributed by atoms with E-state index in [-0.39, 0.29) is 0 Å². The molecule has 0 aromatic heterocycles. The van der Waals surface area contributed by atoms with E-state index in [0.29, 0.717) is 16.6 Å². The van der Waals surface area contributed by atoms with Crippen LogP contribution in [0.5, 0.6) is 0 Å². The molecule has 0 aromatic carbocycles. The molecule has 0 bridgehead atoms. The standard InChI is InChI=1S/C26H42O/c1-18(2)7-5-6-8-19-10-12-23-22-11-9-20-17-21(27)13-15-26(20,4)24(22)14-16-25(19,23)3/h17-19,22-24H,5-16H2,1-4H3/t19-,22-,23-,24-,25-,26+/m1/s1. The number of allylic oxidation sites excluding steroid dienone is 1. The molecule has 3 fully saturated rings. The second-order valence-corrected chi connectivity index (χ2v) is 11.5. The lowest BCUT2D eigenvalue weighted by Gasteiger charge is -2.58. The van der Waals surface area contributed by atoms with Crippen LogP contribution in [-0.4, -0.2) is 5.78 Å². The first-order valence-corrected chi connectivity index (χ1v) is 12.1. The monoisotopic (exact) mass is 370 g/mol. The minimum absolute atomic E-state index is 0.341. The Labute approximate surface area is 167 Å². The summed E-state index contributed by atoms with van der Waals surface area (Å²) in [5.74, 6) is 4.97. The van der Waals surface area contributed by atoms with Gasteiger partial charge in [-0.05, 0) is 97.9 Å². The van der Waals surface area contributed by atoms with Crippen molar-refractivity contribution < 1.29 is 4.79 Å². The molecule has 0 unspecified atom stereocenters. The average Bonchev–Trinajstić information content (AvgIpc) is 2.96. The van der Waals surface area contributed by atoms with Gasteiger partial charge in [-0.2, -0.15) is 0 Å². The van der Waals surface area contributed by atoms with Crippen LogP contribution in [0.25, 0.3) is 0 Å². The van der Waals surface area contributed by atoms with E-state index in [1.807, 2.05) is 0 Å². The van der Waals surface area contributed by atoms with Crippen LogP contribution in [-0.2, 0) is 4.79 Å². The third-order valence-electron chi connectivity index (χ3n) is 9.74. The molecular weight excluding hydrogens is 328 g/mol. The summed E-state index contributed by atoms with van der Waals surface area (Å²) in [6, 6.07) is 0. The molecule has 152 valence electrons. The Morgan fingerprint density at radius 1 is 1.00 bits per heavy atom. The van der Waals surface area contributed by atoms with Crippen molar-refractivity contribution in [3.05, 3.63) is 11.6 Å². The second-order valence-electron chi connectivity index (χ2n) is 11.5. The maximum Gasteiger partial charge on any atom is 0.155 e. The Morgan fingerprint density at radius 2 is 1.81 bits per heavy atom. The van der Waals surface area contributed by atoms with Crippen molar-refractivity contribution in [1.29, 1.82) is 0 Å². The zero-order chi connectivity index (χ0) is 19.2. The quantitative estimate of drug-likeness (QED) is 0.462. The Kier molecular flexibility index (Phi) is 5.36. The molecule has 0 N–H and O–H groups in total. The Hall–Kier alpha value is -0.590. The van der Waals surface area contributed by atoms with Crippen molar-refractivity contribution in [1.82, 2.24) is 0 Å². The summed E-state index contributed by atoms with van der Waals surface area (Å²) in [6.07, 6.45) is 18.2. The third kappa shape index (κ3) is 3.36.